The van der Waals surface area contributed by atoms with Crippen molar-refractivity contribution in [2.75, 3.05) is 18.4 Å². The van der Waals surface area contributed by atoms with Gasteiger partial charge in [0.15, 0.2) is 0 Å². The molecule has 2 N–H and O–H groups in total. The van der Waals surface area contributed by atoms with E-state index in [1.165, 1.54) is 6.42 Å². The first-order chi connectivity index (χ1) is 11.0. The Balaban J connectivity index is 1.71. The lowest BCUT2D eigenvalue weighted by Crippen LogP contribution is -2.54. The van der Waals surface area contributed by atoms with Crippen LogP contribution in [0.25, 0.3) is 0 Å². The lowest BCUT2D eigenvalue weighted by molar-refractivity contribution is -0.0886. The Morgan fingerprint density at radius 3 is 2.96 bits per heavy atom. The second-order valence-corrected chi connectivity index (χ2v) is 7.43. The van der Waals surface area contributed by atoms with E-state index in [9.17, 15) is 9.90 Å². The van der Waals surface area contributed by atoms with Crippen molar-refractivity contribution in [1.29, 1.82) is 0 Å². The number of carbonyl (C=O) groups excluding carboxylic acids is 1. The van der Waals surface area contributed by atoms with E-state index in [0.29, 0.717) is 25.6 Å². The molecule has 1 aromatic rings. The molecule has 1 aromatic carbocycles. The van der Waals surface area contributed by atoms with Crippen LogP contribution < -0.4 is 5.32 Å². The molecule has 2 aliphatic rings. The zero-order valence-electron chi connectivity index (χ0n) is 14.2. The van der Waals surface area contributed by atoms with Crippen LogP contribution in [0, 0.1) is 5.92 Å². The number of nitrogens with zero attached hydrogens (tertiary/aromatic N) is 1. The number of hydrogen-bond acceptors (Lipinski definition) is 3. The summed E-state index contributed by atoms with van der Waals surface area (Å²) in [5.74, 6) is 0.330. The molecule has 23 heavy (non-hydrogen) atoms. The average Bonchev–Trinajstić information content (AvgIpc) is 2.53. The van der Waals surface area contributed by atoms with Crippen molar-refractivity contribution in [1.82, 2.24) is 4.90 Å². The third-order valence-electron chi connectivity index (χ3n) is 5.28. The van der Waals surface area contributed by atoms with Gasteiger partial charge in [0.1, 0.15) is 0 Å². The number of hydrogen-bond donors (Lipinski definition) is 2. The highest BCUT2D eigenvalue weighted by atomic mass is 16.3. The van der Waals surface area contributed by atoms with Crippen molar-refractivity contribution in [3.63, 3.8) is 0 Å². The largest absolute Gasteiger partial charge is 0.389 e. The molecule has 0 unspecified atom stereocenters. The Kier molecular flexibility index (Phi) is 4.62. The molecule has 0 radical (unpaired) electrons. The van der Waals surface area contributed by atoms with Crippen molar-refractivity contribution < 1.29 is 9.90 Å². The highest BCUT2D eigenvalue weighted by molar-refractivity contribution is 5.95. The molecule has 1 heterocycles. The van der Waals surface area contributed by atoms with Gasteiger partial charge in [-0.25, -0.2) is 0 Å². The Labute approximate surface area is 138 Å². The SMILES string of the molecule is CC(C)Nc1cccc(C(=O)N2CC[C@@]3(O)CCCC[C@@H]3C2)c1. The van der Waals surface area contributed by atoms with E-state index in [0.717, 1.165) is 30.5 Å². The van der Waals surface area contributed by atoms with E-state index < -0.39 is 5.60 Å². The van der Waals surface area contributed by atoms with Gasteiger partial charge in [-0.15, -0.1) is 0 Å². The normalized spacial score (nSPS) is 27.7. The molecule has 126 valence electrons. The van der Waals surface area contributed by atoms with Gasteiger partial charge in [-0.05, 0) is 51.3 Å². The lowest BCUT2D eigenvalue weighted by Gasteiger charge is -2.47. The summed E-state index contributed by atoms with van der Waals surface area (Å²) in [6.07, 6.45) is 4.93. The van der Waals surface area contributed by atoms with Gasteiger partial charge >= 0.3 is 0 Å². The van der Waals surface area contributed by atoms with Gasteiger partial charge in [-0.3, -0.25) is 4.79 Å². The van der Waals surface area contributed by atoms with Crippen molar-refractivity contribution >= 4 is 11.6 Å². The number of carbonyl (C=O) groups is 1. The molecule has 4 heteroatoms. The minimum atomic E-state index is -0.532. The van der Waals surface area contributed by atoms with Gasteiger partial charge in [-0.1, -0.05) is 18.9 Å². The molecule has 1 saturated carbocycles. The molecule has 0 bridgehead atoms. The number of benzene rings is 1. The van der Waals surface area contributed by atoms with Crippen LogP contribution >= 0.6 is 0 Å². The summed E-state index contributed by atoms with van der Waals surface area (Å²) in [6.45, 7) is 5.52. The van der Waals surface area contributed by atoms with Crippen LogP contribution in [0.3, 0.4) is 0 Å². The smallest absolute Gasteiger partial charge is 0.253 e. The average molecular weight is 316 g/mol. The van der Waals surface area contributed by atoms with E-state index in [4.69, 9.17) is 0 Å². The van der Waals surface area contributed by atoms with Crippen molar-refractivity contribution in [2.45, 2.75) is 57.6 Å². The van der Waals surface area contributed by atoms with Crippen LogP contribution in [0.4, 0.5) is 5.69 Å². The predicted octanol–water partition coefficient (Wildman–Crippen LogP) is 3.27. The highest BCUT2D eigenvalue weighted by Gasteiger charge is 2.43. The van der Waals surface area contributed by atoms with Crippen LogP contribution in [0.1, 0.15) is 56.3 Å². The van der Waals surface area contributed by atoms with Crippen LogP contribution in [0.15, 0.2) is 24.3 Å². The quantitative estimate of drug-likeness (QED) is 0.900. The number of anilines is 1. The number of nitrogens with one attached hydrogen (secondary N) is 1. The van der Waals surface area contributed by atoms with E-state index in [1.807, 2.05) is 29.2 Å². The summed E-state index contributed by atoms with van der Waals surface area (Å²) < 4.78 is 0. The Morgan fingerprint density at radius 2 is 2.17 bits per heavy atom. The monoisotopic (exact) mass is 316 g/mol. The third kappa shape index (κ3) is 3.52. The van der Waals surface area contributed by atoms with Crippen molar-refractivity contribution in [3.8, 4) is 0 Å². The zero-order chi connectivity index (χ0) is 16.4. The first-order valence-electron chi connectivity index (χ1n) is 8.86. The topological polar surface area (TPSA) is 52.6 Å². The standard InChI is InChI=1S/C19H28N2O2/c1-14(2)20-17-8-5-6-15(12-17)18(22)21-11-10-19(23)9-4-3-7-16(19)13-21/h5-6,8,12,14,16,20,23H,3-4,7,9-11,13H2,1-2H3/t16-,19+/m1/s1. The van der Waals surface area contributed by atoms with Crippen molar-refractivity contribution in [2.24, 2.45) is 5.92 Å². The Hall–Kier alpha value is -1.55. The van der Waals surface area contributed by atoms with Gasteiger partial charge in [0.05, 0.1) is 5.60 Å². The molecule has 1 aliphatic heterocycles. The molecule has 0 aromatic heterocycles. The molecule has 4 nitrogen and oxygen atoms in total. The molecule has 1 aliphatic carbocycles. The summed E-state index contributed by atoms with van der Waals surface area (Å²) in [5, 5.41) is 14.1. The Morgan fingerprint density at radius 1 is 1.35 bits per heavy atom. The molecule has 3 rings (SSSR count). The summed E-state index contributed by atoms with van der Waals surface area (Å²) in [4.78, 5) is 14.8. The fraction of sp³-hybridized carbons (Fsp3) is 0.632. The number of amides is 1. The third-order valence-corrected chi connectivity index (χ3v) is 5.28. The minimum Gasteiger partial charge on any atom is -0.389 e. The second kappa shape index (κ2) is 6.52. The molecule has 0 spiro atoms. The van der Waals surface area contributed by atoms with Gasteiger partial charge in [-0.2, -0.15) is 0 Å². The number of fused-ring (bicyclic) bond motifs is 1. The maximum atomic E-state index is 12.8. The van der Waals surface area contributed by atoms with Gasteiger partial charge in [0, 0.05) is 36.3 Å². The first kappa shape index (κ1) is 16.3. The van der Waals surface area contributed by atoms with E-state index >= 15 is 0 Å². The summed E-state index contributed by atoms with van der Waals surface area (Å²) in [5.41, 5.74) is 1.18. The maximum absolute atomic E-state index is 12.8. The van der Waals surface area contributed by atoms with E-state index in [1.54, 1.807) is 0 Å². The molecule has 2 fully saturated rings. The van der Waals surface area contributed by atoms with Crippen molar-refractivity contribution in [3.05, 3.63) is 29.8 Å². The number of piperidine rings is 1. The van der Waals surface area contributed by atoms with Crippen LogP contribution in [0.2, 0.25) is 0 Å². The molecule has 2 atom stereocenters. The first-order valence-corrected chi connectivity index (χ1v) is 8.86. The fourth-order valence-electron chi connectivity index (χ4n) is 4.01. The molecule has 1 saturated heterocycles. The predicted molar refractivity (Wildman–Crippen MR) is 92.6 cm³/mol. The number of aliphatic hydroxyl groups is 1. The molecular weight excluding hydrogens is 288 g/mol. The summed E-state index contributed by atoms with van der Waals surface area (Å²) in [6, 6.07) is 8.08. The van der Waals surface area contributed by atoms with E-state index in [2.05, 4.69) is 19.2 Å². The second-order valence-electron chi connectivity index (χ2n) is 7.43. The highest BCUT2D eigenvalue weighted by Crippen LogP contribution is 2.40. The fourth-order valence-corrected chi connectivity index (χ4v) is 4.01. The Bertz CT molecular complexity index is 572. The van der Waals surface area contributed by atoms with Gasteiger partial charge in [0.2, 0.25) is 0 Å². The number of rotatable bonds is 3. The lowest BCUT2D eigenvalue weighted by atomic mass is 9.71. The molecular formula is C19H28N2O2. The summed E-state index contributed by atoms with van der Waals surface area (Å²) >= 11 is 0. The minimum absolute atomic E-state index is 0.0880. The van der Waals surface area contributed by atoms with E-state index in [-0.39, 0.29) is 11.8 Å². The van der Waals surface area contributed by atoms with Crippen LogP contribution in [-0.4, -0.2) is 40.6 Å². The van der Waals surface area contributed by atoms with Gasteiger partial charge in [0.25, 0.3) is 5.91 Å². The number of likely N-dealkylation sites (tertiary alicyclic amines) is 1. The van der Waals surface area contributed by atoms with Crippen LogP contribution in [0.5, 0.6) is 0 Å². The van der Waals surface area contributed by atoms with Gasteiger partial charge < -0.3 is 15.3 Å². The summed E-state index contributed by atoms with van der Waals surface area (Å²) in [7, 11) is 0. The maximum Gasteiger partial charge on any atom is 0.253 e. The zero-order valence-corrected chi connectivity index (χ0v) is 14.2. The van der Waals surface area contributed by atoms with Crippen LogP contribution in [-0.2, 0) is 0 Å². The molecule has 1 amide bonds.